The SMILES string of the molecule is O=c1c2ccccc2nc(-c2cc3ccccc3o2)n1N=Cc1ccccc1OCc1ccccc1. The Morgan fingerprint density at radius 3 is 2.50 bits per heavy atom. The average Bonchev–Trinajstić information content (AvgIpc) is 3.37. The predicted octanol–water partition coefficient (Wildman–Crippen LogP) is 6.27. The molecule has 0 aliphatic heterocycles. The van der Waals surface area contributed by atoms with Crippen molar-refractivity contribution in [2.24, 2.45) is 5.10 Å². The molecule has 0 amide bonds. The number of para-hydroxylation sites is 3. The van der Waals surface area contributed by atoms with E-state index in [2.05, 4.69) is 5.10 Å². The van der Waals surface area contributed by atoms with E-state index in [1.807, 2.05) is 103 Å². The maximum Gasteiger partial charge on any atom is 0.282 e. The van der Waals surface area contributed by atoms with E-state index in [1.165, 1.54) is 4.68 Å². The number of aromatic nitrogens is 2. The summed E-state index contributed by atoms with van der Waals surface area (Å²) in [5.41, 5.74) is 2.81. The van der Waals surface area contributed by atoms with Gasteiger partial charge in [-0.2, -0.15) is 9.78 Å². The maximum absolute atomic E-state index is 13.5. The Morgan fingerprint density at radius 2 is 1.61 bits per heavy atom. The van der Waals surface area contributed by atoms with Crippen LogP contribution in [0.25, 0.3) is 33.5 Å². The third-order valence-corrected chi connectivity index (χ3v) is 5.87. The summed E-state index contributed by atoms with van der Waals surface area (Å²) in [6.45, 7) is 0.424. The Hall–Kier alpha value is -4.97. The van der Waals surface area contributed by atoms with Gasteiger partial charge in [0.15, 0.2) is 5.76 Å². The summed E-state index contributed by atoms with van der Waals surface area (Å²) in [5, 5.41) is 5.96. The zero-order chi connectivity index (χ0) is 24.3. The second-order valence-electron chi connectivity index (χ2n) is 8.27. The van der Waals surface area contributed by atoms with Crippen molar-refractivity contribution >= 4 is 28.1 Å². The maximum atomic E-state index is 13.5. The van der Waals surface area contributed by atoms with E-state index in [9.17, 15) is 4.79 Å². The zero-order valence-electron chi connectivity index (χ0n) is 19.2. The fraction of sp³-hybridized carbons (Fsp3) is 0.0333. The van der Waals surface area contributed by atoms with E-state index in [0.717, 1.165) is 16.5 Å². The topological polar surface area (TPSA) is 69.6 Å². The molecule has 0 saturated heterocycles. The molecule has 2 aromatic heterocycles. The number of ether oxygens (including phenoxy) is 1. The van der Waals surface area contributed by atoms with Gasteiger partial charge in [0.1, 0.15) is 17.9 Å². The molecule has 0 radical (unpaired) electrons. The Bertz CT molecular complexity index is 1730. The summed E-state index contributed by atoms with van der Waals surface area (Å²) in [6.07, 6.45) is 1.62. The van der Waals surface area contributed by atoms with Gasteiger partial charge in [-0.25, -0.2) is 4.98 Å². The number of hydrogen-bond acceptors (Lipinski definition) is 5. The minimum atomic E-state index is -0.282. The molecule has 2 heterocycles. The number of nitrogens with zero attached hydrogens (tertiary/aromatic N) is 3. The number of fused-ring (bicyclic) bond motifs is 2. The number of hydrogen-bond donors (Lipinski definition) is 0. The van der Waals surface area contributed by atoms with E-state index in [0.29, 0.717) is 40.4 Å². The van der Waals surface area contributed by atoms with Crippen molar-refractivity contribution in [2.45, 2.75) is 6.61 Å². The Balaban J connectivity index is 1.43. The lowest BCUT2D eigenvalue weighted by atomic mass is 10.2. The lowest BCUT2D eigenvalue weighted by Gasteiger charge is -2.10. The normalized spacial score (nSPS) is 11.4. The molecule has 0 aliphatic carbocycles. The van der Waals surface area contributed by atoms with E-state index in [1.54, 1.807) is 12.3 Å². The van der Waals surface area contributed by atoms with Crippen LogP contribution < -0.4 is 10.3 Å². The fourth-order valence-corrected chi connectivity index (χ4v) is 4.06. The van der Waals surface area contributed by atoms with Gasteiger partial charge in [-0.15, -0.1) is 0 Å². The highest BCUT2D eigenvalue weighted by atomic mass is 16.5. The van der Waals surface area contributed by atoms with Crippen LogP contribution in [0.5, 0.6) is 5.75 Å². The van der Waals surface area contributed by atoms with Gasteiger partial charge in [-0.1, -0.05) is 72.8 Å². The highest BCUT2D eigenvalue weighted by Gasteiger charge is 2.16. The second-order valence-corrected chi connectivity index (χ2v) is 8.27. The van der Waals surface area contributed by atoms with Gasteiger partial charge in [0.05, 0.1) is 17.1 Å². The molecule has 6 aromatic rings. The number of benzene rings is 4. The Morgan fingerprint density at radius 1 is 0.861 bits per heavy atom. The quantitative estimate of drug-likeness (QED) is 0.269. The first-order valence-electron chi connectivity index (χ1n) is 11.6. The van der Waals surface area contributed by atoms with Crippen molar-refractivity contribution in [3.63, 3.8) is 0 Å². The molecule has 174 valence electrons. The van der Waals surface area contributed by atoms with Crippen molar-refractivity contribution in [3.05, 3.63) is 131 Å². The molecular weight excluding hydrogens is 450 g/mol. The summed E-state index contributed by atoms with van der Waals surface area (Å²) < 4.78 is 13.4. The smallest absolute Gasteiger partial charge is 0.282 e. The number of rotatable bonds is 6. The second kappa shape index (κ2) is 9.35. The van der Waals surface area contributed by atoms with E-state index in [-0.39, 0.29) is 5.56 Å². The molecule has 0 unspecified atom stereocenters. The molecule has 6 heteroatoms. The van der Waals surface area contributed by atoms with Crippen molar-refractivity contribution in [1.82, 2.24) is 9.66 Å². The van der Waals surface area contributed by atoms with Gasteiger partial charge >= 0.3 is 0 Å². The molecule has 0 saturated carbocycles. The van der Waals surface area contributed by atoms with Gasteiger partial charge in [0.2, 0.25) is 5.82 Å². The summed E-state index contributed by atoms with van der Waals surface area (Å²) in [5.74, 6) is 1.45. The third-order valence-electron chi connectivity index (χ3n) is 5.87. The minimum absolute atomic E-state index is 0.282. The van der Waals surface area contributed by atoms with Crippen LogP contribution in [0.3, 0.4) is 0 Å². The van der Waals surface area contributed by atoms with Crippen molar-refractivity contribution in [2.75, 3.05) is 0 Å². The van der Waals surface area contributed by atoms with Crippen LogP contribution in [0.2, 0.25) is 0 Å². The largest absolute Gasteiger partial charge is 0.488 e. The lowest BCUT2D eigenvalue weighted by Crippen LogP contribution is -2.20. The van der Waals surface area contributed by atoms with Crippen LogP contribution in [0.4, 0.5) is 0 Å². The molecule has 0 bridgehead atoms. The number of furan rings is 1. The minimum Gasteiger partial charge on any atom is -0.488 e. The summed E-state index contributed by atoms with van der Waals surface area (Å²) in [4.78, 5) is 18.2. The fourth-order valence-electron chi connectivity index (χ4n) is 4.06. The van der Waals surface area contributed by atoms with Crippen molar-refractivity contribution < 1.29 is 9.15 Å². The summed E-state index contributed by atoms with van der Waals surface area (Å²) in [6, 6.07) is 34.3. The first kappa shape index (κ1) is 21.6. The van der Waals surface area contributed by atoms with Crippen LogP contribution in [-0.4, -0.2) is 15.9 Å². The molecule has 0 atom stereocenters. The van der Waals surface area contributed by atoms with Crippen LogP contribution >= 0.6 is 0 Å². The first-order chi connectivity index (χ1) is 17.8. The highest BCUT2D eigenvalue weighted by molar-refractivity contribution is 5.85. The average molecular weight is 472 g/mol. The summed E-state index contributed by atoms with van der Waals surface area (Å²) >= 11 is 0. The van der Waals surface area contributed by atoms with Crippen molar-refractivity contribution in [3.8, 4) is 17.3 Å². The standard InChI is InChI=1S/C30H21N3O3/c34-30-24-14-6-7-15-25(24)32-29(28-18-22-12-4-9-17-27(22)36-28)33(30)31-19-23-13-5-8-16-26(23)35-20-21-10-2-1-3-11-21/h1-19H,20H2. The molecule has 0 fully saturated rings. The Kier molecular flexibility index (Phi) is 5.60. The third kappa shape index (κ3) is 4.16. The monoisotopic (exact) mass is 471 g/mol. The molecule has 0 N–H and O–H groups in total. The van der Waals surface area contributed by atoms with Crippen LogP contribution in [0.1, 0.15) is 11.1 Å². The predicted molar refractivity (Wildman–Crippen MR) is 141 cm³/mol. The van der Waals surface area contributed by atoms with Gasteiger partial charge in [-0.05, 0) is 42.0 Å². The molecule has 6 rings (SSSR count). The van der Waals surface area contributed by atoms with E-state index in [4.69, 9.17) is 14.1 Å². The Labute approximate surface area is 206 Å². The van der Waals surface area contributed by atoms with Crippen LogP contribution in [0.15, 0.2) is 124 Å². The van der Waals surface area contributed by atoms with Gasteiger partial charge in [0.25, 0.3) is 5.56 Å². The van der Waals surface area contributed by atoms with Gasteiger partial charge in [0, 0.05) is 10.9 Å². The molecule has 4 aromatic carbocycles. The van der Waals surface area contributed by atoms with Gasteiger partial charge in [-0.3, -0.25) is 4.79 Å². The summed E-state index contributed by atoms with van der Waals surface area (Å²) in [7, 11) is 0. The first-order valence-corrected chi connectivity index (χ1v) is 11.6. The van der Waals surface area contributed by atoms with Gasteiger partial charge < -0.3 is 9.15 Å². The van der Waals surface area contributed by atoms with Crippen molar-refractivity contribution in [1.29, 1.82) is 0 Å². The van der Waals surface area contributed by atoms with Crippen LogP contribution in [-0.2, 0) is 6.61 Å². The molecule has 6 nitrogen and oxygen atoms in total. The molecule has 0 spiro atoms. The highest BCUT2D eigenvalue weighted by Crippen LogP contribution is 2.27. The molecular formula is C30H21N3O3. The van der Waals surface area contributed by atoms with E-state index >= 15 is 0 Å². The zero-order valence-corrected chi connectivity index (χ0v) is 19.2. The molecule has 0 aliphatic rings. The van der Waals surface area contributed by atoms with Crippen LogP contribution in [0, 0.1) is 0 Å². The molecule has 36 heavy (non-hydrogen) atoms. The lowest BCUT2D eigenvalue weighted by molar-refractivity contribution is 0.306. The van der Waals surface area contributed by atoms with E-state index < -0.39 is 0 Å².